The van der Waals surface area contributed by atoms with Crippen molar-refractivity contribution in [3.63, 3.8) is 0 Å². The van der Waals surface area contributed by atoms with Crippen molar-refractivity contribution in [1.29, 1.82) is 0 Å². The number of aromatic nitrogens is 3. The zero-order valence-electron chi connectivity index (χ0n) is 14.8. The Morgan fingerprint density at radius 1 is 1.21 bits per heavy atom. The van der Waals surface area contributed by atoms with Gasteiger partial charge < -0.3 is 15.4 Å². The van der Waals surface area contributed by atoms with Gasteiger partial charge in [0.2, 0.25) is 5.95 Å². The quantitative estimate of drug-likeness (QED) is 0.699. The van der Waals surface area contributed by atoms with E-state index in [1.807, 2.05) is 12.1 Å². The van der Waals surface area contributed by atoms with Crippen molar-refractivity contribution in [3.8, 4) is 17.0 Å². The first-order valence-electron chi connectivity index (χ1n) is 8.36. The van der Waals surface area contributed by atoms with E-state index in [-0.39, 0.29) is 17.5 Å². The van der Waals surface area contributed by atoms with Gasteiger partial charge >= 0.3 is 0 Å². The molecule has 2 aromatic heterocycles. The highest BCUT2D eigenvalue weighted by Crippen LogP contribution is 2.39. The molecule has 1 aliphatic rings. The van der Waals surface area contributed by atoms with Gasteiger partial charge in [0.05, 0.1) is 29.4 Å². The second-order valence-electron chi connectivity index (χ2n) is 6.25. The first kappa shape index (κ1) is 18.5. The van der Waals surface area contributed by atoms with Crippen LogP contribution in [0.15, 0.2) is 36.7 Å². The standard InChI is InChI=1S/C19H15Cl2N5O2/c1-28-15-5-11(13(20)6-14(15)21)16-12-9-26(8-10-3-2-4-23-7-10)18(27)17(12)25-19(22)24-16/h2-7H,8-9H2,1H3,(H2,22,24,25). The fourth-order valence-corrected chi connectivity index (χ4v) is 3.72. The zero-order chi connectivity index (χ0) is 19.8. The Kier molecular flexibility index (Phi) is 4.78. The predicted molar refractivity (Wildman–Crippen MR) is 106 cm³/mol. The summed E-state index contributed by atoms with van der Waals surface area (Å²) in [5, 5.41) is 0.758. The third-order valence-electron chi connectivity index (χ3n) is 4.46. The number of methoxy groups -OCH3 is 1. The van der Waals surface area contributed by atoms with E-state index < -0.39 is 0 Å². The van der Waals surface area contributed by atoms with Crippen LogP contribution in [0.25, 0.3) is 11.3 Å². The van der Waals surface area contributed by atoms with E-state index in [4.69, 9.17) is 33.7 Å². The largest absolute Gasteiger partial charge is 0.495 e. The normalized spacial score (nSPS) is 13.0. The van der Waals surface area contributed by atoms with Gasteiger partial charge in [-0.05, 0) is 23.8 Å². The van der Waals surface area contributed by atoms with Crippen LogP contribution >= 0.6 is 23.2 Å². The second kappa shape index (κ2) is 7.26. The van der Waals surface area contributed by atoms with Crippen molar-refractivity contribution in [2.75, 3.05) is 12.8 Å². The molecule has 142 valence electrons. The highest BCUT2D eigenvalue weighted by molar-refractivity contribution is 6.37. The molecule has 0 atom stereocenters. The number of amides is 1. The Morgan fingerprint density at radius 2 is 2.00 bits per heavy atom. The number of rotatable bonds is 4. The van der Waals surface area contributed by atoms with Crippen LogP contribution in [0.2, 0.25) is 10.0 Å². The molecule has 1 aromatic carbocycles. The number of hydrogen-bond acceptors (Lipinski definition) is 6. The van der Waals surface area contributed by atoms with Crippen molar-refractivity contribution < 1.29 is 9.53 Å². The molecule has 0 spiro atoms. The summed E-state index contributed by atoms with van der Waals surface area (Å²) in [6, 6.07) is 6.99. The fourth-order valence-electron chi connectivity index (χ4n) is 3.17. The van der Waals surface area contributed by atoms with Gasteiger partial charge in [-0.3, -0.25) is 9.78 Å². The van der Waals surface area contributed by atoms with E-state index in [9.17, 15) is 4.79 Å². The van der Waals surface area contributed by atoms with Crippen LogP contribution in [0.4, 0.5) is 5.95 Å². The number of benzene rings is 1. The minimum absolute atomic E-state index is 0.00434. The van der Waals surface area contributed by atoms with Gasteiger partial charge in [0.1, 0.15) is 11.4 Å². The molecule has 7 nitrogen and oxygen atoms in total. The van der Waals surface area contributed by atoms with Crippen LogP contribution < -0.4 is 10.5 Å². The molecule has 0 saturated heterocycles. The minimum Gasteiger partial charge on any atom is -0.495 e. The van der Waals surface area contributed by atoms with E-state index in [0.29, 0.717) is 45.7 Å². The number of nitrogens with two attached hydrogens (primary N) is 1. The van der Waals surface area contributed by atoms with E-state index in [0.717, 1.165) is 5.56 Å². The molecule has 0 unspecified atom stereocenters. The van der Waals surface area contributed by atoms with Crippen molar-refractivity contribution in [1.82, 2.24) is 19.9 Å². The first-order chi connectivity index (χ1) is 13.5. The summed E-state index contributed by atoms with van der Waals surface area (Å²) in [7, 11) is 1.51. The Hall–Kier alpha value is -2.90. The molecule has 3 heterocycles. The summed E-state index contributed by atoms with van der Waals surface area (Å²) in [5.74, 6) is 0.227. The van der Waals surface area contributed by atoms with Gasteiger partial charge in [-0.2, -0.15) is 0 Å². The number of pyridine rings is 1. The van der Waals surface area contributed by atoms with Gasteiger partial charge in [0, 0.05) is 30.1 Å². The third-order valence-corrected chi connectivity index (χ3v) is 5.06. The minimum atomic E-state index is -0.216. The molecule has 4 rings (SSSR count). The lowest BCUT2D eigenvalue weighted by atomic mass is 10.1. The average Bonchev–Trinajstić information content (AvgIpc) is 2.98. The molecule has 0 aliphatic carbocycles. The molecule has 0 radical (unpaired) electrons. The molecule has 3 aromatic rings. The topological polar surface area (TPSA) is 94.2 Å². The number of ether oxygens (including phenoxy) is 1. The Labute approximate surface area is 171 Å². The average molecular weight is 416 g/mol. The molecule has 2 N–H and O–H groups in total. The molecular weight excluding hydrogens is 401 g/mol. The molecule has 0 bridgehead atoms. The summed E-state index contributed by atoms with van der Waals surface area (Å²) in [6.07, 6.45) is 3.41. The van der Waals surface area contributed by atoms with E-state index in [1.165, 1.54) is 7.11 Å². The lowest BCUT2D eigenvalue weighted by Crippen LogP contribution is -2.23. The van der Waals surface area contributed by atoms with Crippen LogP contribution in [-0.4, -0.2) is 32.9 Å². The van der Waals surface area contributed by atoms with Crippen LogP contribution in [0.5, 0.6) is 5.75 Å². The van der Waals surface area contributed by atoms with Gasteiger partial charge in [-0.15, -0.1) is 0 Å². The number of carbonyl (C=O) groups excluding carboxylic acids is 1. The van der Waals surface area contributed by atoms with Crippen LogP contribution in [0.1, 0.15) is 21.6 Å². The summed E-state index contributed by atoms with van der Waals surface area (Å²) >= 11 is 12.5. The Morgan fingerprint density at radius 3 is 2.71 bits per heavy atom. The lowest BCUT2D eigenvalue weighted by molar-refractivity contribution is 0.0762. The summed E-state index contributed by atoms with van der Waals surface area (Å²) in [6.45, 7) is 0.736. The van der Waals surface area contributed by atoms with Crippen molar-refractivity contribution in [2.45, 2.75) is 13.1 Å². The molecule has 28 heavy (non-hydrogen) atoms. The first-order valence-corrected chi connectivity index (χ1v) is 9.11. The maximum absolute atomic E-state index is 12.9. The molecule has 0 fully saturated rings. The highest BCUT2D eigenvalue weighted by Gasteiger charge is 2.33. The monoisotopic (exact) mass is 415 g/mol. The number of fused-ring (bicyclic) bond motifs is 1. The van der Waals surface area contributed by atoms with E-state index in [2.05, 4.69) is 15.0 Å². The Bertz CT molecular complexity index is 1080. The number of hydrogen-bond donors (Lipinski definition) is 1. The summed E-state index contributed by atoms with van der Waals surface area (Å²) < 4.78 is 5.28. The Balaban J connectivity index is 1.78. The van der Waals surface area contributed by atoms with E-state index >= 15 is 0 Å². The number of nitrogen functional groups attached to an aromatic ring is 1. The highest BCUT2D eigenvalue weighted by atomic mass is 35.5. The maximum Gasteiger partial charge on any atom is 0.273 e. The number of nitrogens with zero attached hydrogens (tertiary/aromatic N) is 4. The molecule has 0 saturated carbocycles. The second-order valence-corrected chi connectivity index (χ2v) is 7.06. The smallest absolute Gasteiger partial charge is 0.273 e. The lowest BCUT2D eigenvalue weighted by Gasteiger charge is -2.15. The van der Waals surface area contributed by atoms with Crippen LogP contribution in [-0.2, 0) is 13.1 Å². The summed E-state index contributed by atoms with van der Waals surface area (Å²) in [5.41, 5.74) is 8.79. The van der Waals surface area contributed by atoms with Gasteiger partial charge in [-0.25, -0.2) is 9.97 Å². The fraction of sp³-hybridized carbons (Fsp3) is 0.158. The SMILES string of the molecule is COc1cc(-c2nc(N)nc3c2CN(Cc2cccnc2)C3=O)c(Cl)cc1Cl. The molecular formula is C19H15Cl2N5O2. The van der Waals surface area contributed by atoms with Crippen molar-refractivity contribution >= 4 is 35.1 Å². The molecule has 9 heteroatoms. The number of anilines is 1. The zero-order valence-corrected chi connectivity index (χ0v) is 16.3. The van der Waals surface area contributed by atoms with Crippen molar-refractivity contribution in [2.24, 2.45) is 0 Å². The predicted octanol–water partition coefficient (Wildman–Crippen LogP) is 3.59. The van der Waals surface area contributed by atoms with Crippen molar-refractivity contribution in [3.05, 3.63) is 63.5 Å². The van der Waals surface area contributed by atoms with Gasteiger partial charge in [-0.1, -0.05) is 29.3 Å². The van der Waals surface area contributed by atoms with Crippen LogP contribution in [0, 0.1) is 0 Å². The number of carbonyl (C=O) groups is 1. The van der Waals surface area contributed by atoms with Gasteiger partial charge in [0.25, 0.3) is 5.91 Å². The summed E-state index contributed by atoms with van der Waals surface area (Å²) in [4.78, 5) is 27.1. The van der Waals surface area contributed by atoms with E-state index in [1.54, 1.807) is 29.4 Å². The van der Waals surface area contributed by atoms with Crippen LogP contribution in [0.3, 0.4) is 0 Å². The number of halogens is 2. The molecule has 1 amide bonds. The maximum atomic E-state index is 12.9. The van der Waals surface area contributed by atoms with Gasteiger partial charge in [0.15, 0.2) is 0 Å². The molecule has 1 aliphatic heterocycles. The third kappa shape index (κ3) is 3.23.